The molecule has 2 N–H and O–H groups in total. The molecule has 0 spiro atoms. The molecule has 168 valence electrons. The third kappa shape index (κ3) is 4.56. The van der Waals surface area contributed by atoms with Crippen LogP contribution >= 0.6 is 15.9 Å². The van der Waals surface area contributed by atoms with E-state index in [9.17, 15) is 9.90 Å². The maximum atomic E-state index is 12.4. The summed E-state index contributed by atoms with van der Waals surface area (Å²) in [7, 11) is 0. The molecule has 0 saturated heterocycles. The maximum absolute atomic E-state index is 12.4. The van der Waals surface area contributed by atoms with Gasteiger partial charge in [0.05, 0.1) is 18.6 Å². The Morgan fingerprint density at radius 2 is 1.68 bits per heavy atom. The van der Waals surface area contributed by atoms with Crippen LogP contribution in [0.15, 0.2) is 106 Å². The van der Waals surface area contributed by atoms with Crippen molar-refractivity contribution < 1.29 is 9.90 Å². The molecule has 0 saturated carbocycles. The van der Waals surface area contributed by atoms with E-state index in [1.807, 2.05) is 91.0 Å². The molecule has 0 radical (unpaired) electrons. The first kappa shape index (κ1) is 21.9. The smallest absolute Gasteiger partial charge is 0.283 e. The molecule has 34 heavy (non-hydrogen) atoms. The standard InChI is InChI=1S/C27H21BrN4O2/c28-21-11-13-24-23(15-21)26(27(34)32(24)17-18-6-2-1-3-7-18)31-30-25(33)16-29-22-12-10-19-8-4-5-9-20(19)14-22/h1-15,29,34H,16-17H2. The molecule has 6 nitrogen and oxygen atoms in total. The number of benzene rings is 4. The number of azo groups is 1. The number of anilines is 1. The number of halogens is 1. The van der Waals surface area contributed by atoms with Crippen molar-refractivity contribution in [2.75, 3.05) is 11.9 Å². The topological polar surface area (TPSA) is 79.0 Å². The van der Waals surface area contributed by atoms with E-state index in [4.69, 9.17) is 0 Å². The predicted molar refractivity (Wildman–Crippen MR) is 139 cm³/mol. The first-order valence-electron chi connectivity index (χ1n) is 10.8. The molecule has 0 atom stereocenters. The summed E-state index contributed by atoms with van der Waals surface area (Å²) in [6, 6.07) is 29.5. The number of hydrogen-bond donors (Lipinski definition) is 2. The highest BCUT2D eigenvalue weighted by Gasteiger charge is 2.17. The van der Waals surface area contributed by atoms with Crippen LogP contribution in [0.3, 0.4) is 0 Å². The van der Waals surface area contributed by atoms with Crippen LogP contribution in [-0.4, -0.2) is 22.1 Å². The summed E-state index contributed by atoms with van der Waals surface area (Å²) in [5, 5.41) is 25.0. The van der Waals surface area contributed by atoms with Crippen molar-refractivity contribution in [3.63, 3.8) is 0 Å². The van der Waals surface area contributed by atoms with Gasteiger partial charge in [-0.25, -0.2) is 0 Å². The largest absolute Gasteiger partial charge is 0.493 e. The van der Waals surface area contributed by atoms with Crippen LogP contribution in [0.25, 0.3) is 21.7 Å². The minimum Gasteiger partial charge on any atom is -0.493 e. The Bertz CT molecular complexity index is 1530. The van der Waals surface area contributed by atoms with Crippen molar-refractivity contribution in [2.24, 2.45) is 10.2 Å². The number of aromatic hydroxyl groups is 1. The Kier molecular flexibility index (Phi) is 6.10. The summed E-state index contributed by atoms with van der Waals surface area (Å²) >= 11 is 3.48. The minimum absolute atomic E-state index is 0.00501. The van der Waals surface area contributed by atoms with Crippen molar-refractivity contribution in [1.29, 1.82) is 0 Å². The van der Waals surface area contributed by atoms with Crippen LogP contribution < -0.4 is 5.32 Å². The van der Waals surface area contributed by atoms with E-state index in [1.165, 1.54) is 0 Å². The lowest BCUT2D eigenvalue weighted by Gasteiger charge is -2.07. The number of carbonyl (C=O) groups is 1. The third-order valence-corrected chi connectivity index (χ3v) is 6.10. The van der Waals surface area contributed by atoms with Crippen LogP contribution in [0.2, 0.25) is 0 Å². The van der Waals surface area contributed by atoms with Crippen molar-refractivity contribution in [1.82, 2.24) is 4.57 Å². The van der Waals surface area contributed by atoms with Gasteiger partial charge in [-0.05, 0) is 46.7 Å². The lowest BCUT2D eigenvalue weighted by molar-refractivity contribution is -0.116. The molecular weight excluding hydrogens is 492 g/mol. The molecule has 7 heteroatoms. The van der Waals surface area contributed by atoms with E-state index in [2.05, 4.69) is 31.5 Å². The molecule has 5 rings (SSSR count). The molecule has 5 aromatic rings. The molecule has 0 aliphatic heterocycles. The van der Waals surface area contributed by atoms with Gasteiger partial charge in [-0.2, -0.15) is 0 Å². The van der Waals surface area contributed by atoms with Crippen molar-refractivity contribution in [3.05, 3.63) is 101 Å². The average molecular weight is 513 g/mol. The molecule has 0 bridgehead atoms. The van der Waals surface area contributed by atoms with E-state index < -0.39 is 5.91 Å². The van der Waals surface area contributed by atoms with Gasteiger partial charge in [-0.3, -0.25) is 4.79 Å². The fourth-order valence-corrected chi connectivity index (χ4v) is 4.30. The van der Waals surface area contributed by atoms with Gasteiger partial charge in [-0.1, -0.05) is 76.6 Å². The second-order valence-electron chi connectivity index (χ2n) is 7.91. The molecule has 0 unspecified atom stereocenters. The normalized spacial score (nSPS) is 11.4. The summed E-state index contributed by atoms with van der Waals surface area (Å²) in [6.45, 7) is 0.465. The monoisotopic (exact) mass is 512 g/mol. The van der Waals surface area contributed by atoms with E-state index in [0.29, 0.717) is 11.9 Å². The molecule has 1 amide bonds. The van der Waals surface area contributed by atoms with E-state index >= 15 is 0 Å². The van der Waals surface area contributed by atoms with Gasteiger partial charge in [0.2, 0.25) is 5.88 Å². The highest BCUT2D eigenvalue weighted by molar-refractivity contribution is 9.10. The SMILES string of the molecule is O=C(CNc1ccc2ccccc2c1)N=Nc1c(O)n(Cc2ccccc2)c2ccc(Br)cc12. The van der Waals surface area contributed by atoms with Crippen molar-refractivity contribution >= 4 is 54.9 Å². The maximum Gasteiger partial charge on any atom is 0.283 e. The number of hydrogen-bond acceptors (Lipinski definition) is 4. The van der Waals surface area contributed by atoms with Gasteiger partial charge in [0, 0.05) is 15.5 Å². The first-order valence-corrected chi connectivity index (χ1v) is 11.6. The lowest BCUT2D eigenvalue weighted by Crippen LogP contribution is -2.10. The number of fused-ring (bicyclic) bond motifs is 2. The number of nitrogens with one attached hydrogen (secondary N) is 1. The molecule has 4 aromatic carbocycles. The Morgan fingerprint density at radius 1 is 0.912 bits per heavy atom. The van der Waals surface area contributed by atoms with Crippen molar-refractivity contribution in [3.8, 4) is 5.88 Å². The Labute approximate surface area is 204 Å². The number of carbonyl (C=O) groups excluding carboxylic acids is 1. The fourth-order valence-electron chi connectivity index (χ4n) is 3.94. The molecule has 1 heterocycles. The minimum atomic E-state index is -0.438. The van der Waals surface area contributed by atoms with E-state index in [1.54, 1.807) is 4.57 Å². The second-order valence-corrected chi connectivity index (χ2v) is 8.83. The van der Waals surface area contributed by atoms with Crippen LogP contribution in [0.4, 0.5) is 11.4 Å². The third-order valence-electron chi connectivity index (χ3n) is 5.61. The predicted octanol–water partition coefficient (Wildman–Crippen LogP) is 7.03. The summed E-state index contributed by atoms with van der Waals surface area (Å²) in [6.07, 6.45) is 0. The first-order chi connectivity index (χ1) is 16.6. The summed E-state index contributed by atoms with van der Waals surface area (Å²) in [5.41, 5.74) is 2.94. The number of amides is 1. The summed E-state index contributed by atoms with van der Waals surface area (Å²) in [5.74, 6) is -0.470. The van der Waals surface area contributed by atoms with Gasteiger partial charge < -0.3 is 15.0 Å². The Balaban J connectivity index is 1.37. The van der Waals surface area contributed by atoms with Crippen molar-refractivity contribution in [2.45, 2.75) is 6.54 Å². The van der Waals surface area contributed by atoms with Gasteiger partial charge in [0.15, 0.2) is 5.69 Å². The molecular formula is C27H21BrN4O2. The molecule has 0 aliphatic rings. The molecule has 1 aromatic heterocycles. The molecule has 0 fully saturated rings. The zero-order valence-electron chi connectivity index (χ0n) is 18.1. The second kappa shape index (κ2) is 9.49. The van der Waals surface area contributed by atoms with Crippen LogP contribution in [0, 0.1) is 0 Å². The number of nitrogens with zero attached hydrogens (tertiary/aromatic N) is 3. The highest BCUT2D eigenvalue weighted by atomic mass is 79.9. The number of rotatable bonds is 6. The lowest BCUT2D eigenvalue weighted by atomic mass is 10.1. The molecule has 0 aliphatic carbocycles. The summed E-state index contributed by atoms with van der Waals surface area (Å²) in [4.78, 5) is 12.4. The highest BCUT2D eigenvalue weighted by Crippen LogP contribution is 2.40. The van der Waals surface area contributed by atoms with E-state index in [0.717, 1.165) is 32.0 Å². The van der Waals surface area contributed by atoms with Crippen LogP contribution in [-0.2, 0) is 11.3 Å². The van der Waals surface area contributed by atoms with Gasteiger partial charge in [0.25, 0.3) is 5.91 Å². The Morgan fingerprint density at radius 3 is 2.50 bits per heavy atom. The van der Waals surface area contributed by atoms with Crippen LogP contribution in [0.1, 0.15) is 5.56 Å². The fraction of sp³-hybridized carbons (Fsp3) is 0.0741. The van der Waals surface area contributed by atoms with Gasteiger partial charge in [-0.15, -0.1) is 10.2 Å². The van der Waals surface area contributed by atoms with Gasteiger partial charge >= 0.3 is 0 Å². The zero-order valence-corrected chi connectivity index (χ0v) is 19.7. The number of aromatic nitrogens is 1. The quantitative estimate of drug-likeness (QED) is 0.239. The zero-order chi connectivity index (χ0) is 23.5. The average Bonchev–Trinajstić information content (AvgIpc) is 3.11. The van der Waals surface area contributed by atoms with Gasteiger partial charge in [0.1, 0.15) is 0 Å². The Hall–Kier alpha value is -3.97. The van der Waals surface area contributed by atoms with E-state index in [-0.39, 0.29) is 18.1 Å². The van der Waals surface area contributed by atoms with Crippen LogP contribution in [0.5, 0.6) is 5.88 Å². The summed E-state index contributed by atoms with van der Waals surface area (Å²) < 4.78 is 2.61.